The van der Waals surface area contributed by atoms with Gasteiger partial charge in [-0.1, -0.05) is 12.8 Å². The molecule has 1 aromatic rings. The lowest BCUT2D eigenvalue weighted by atomic mass is 9.71. The smallest absolute Gasteiger partial charge is 0.222 e. The first kappa shape index (κ1) is 14.9. The third kappa shape index (κ3) is 2.17. The summed E-state index contributed by atoms with van der Waals surface area (Å²) in [5.41, 5.74) is 9.28. The minimum atomic E-state index is 0.308. The van der Waals surface area contributed by atoms with Crippen molar-refractivity contribution in [2.45, 2.75) is 69.2 Å². The van der Waals surface area contributed by atoms with E-state index in [-0.39, 0.29) is 0 Å². The van der Waals surface area contributed by atoms with Crippen LogP contribution in [-0.2, 0) is 11.8 Å². The Balaban J connectivity index is 1.61. The molecule has 3 fully saturated rings. The summed E-state index contributed by atoms with van der Waals surface area (Å²) in [7, 11) is 0. The van der Waals surface area contributed by atoms with Gasteiger partial charge in [0, 0.05) is 36.7 Å². The minimum absolute atomic E-state index is 0.308. The molecule has 24 heavy (non-hydrogen) atoms. The van der Waals surface area contributed by atoms with E-state index in [1.807, 2.05) is 0 Å². The van der Waals surface area contributed by atoms with Crippen LogP contribution in [0.5, 0.6) is 0 Å². The van der Waals surface area contributed by atoms with Crippen molar-refractivity contribution in [2.75, 3.05) is 30.3 Å². The van der Waals surface area contributed by atoms with Crippen molar-refractivity contribution >= 4 is 11.8 Å². The number of hydrogen-bond acceptors (Lipinski definition) is 5. The molecule has 0 bridgehead atoms. The standard InChI is InChI=1S/C19H29N5/c20-18-22-16-14(6-3-9-19(16)7-1-2-8-19)17(23-18)24-10-4-5-13-11-21-12-15(13)24/h13,15,21H,1-12H2,(H2,20,22,23). The molecule has 2 unspecified atom stereocenters. The fraction of sp³-hybridized carbons (Fsp3) is 0.789. The summed E-state index contributed by atoms with van der Waals surface area (Å²) in [5.74, 6) is 2.45. The second-order valence-corrected chi connectivity index (χ2v) is 8.39. The van der Waals surface area contributed by atoms with E-state index in [0.29, 0.717) is 17.4 Å². The van der Waals surface area contributed by atoms with Crippen LogP contribution >= 0.6 is 0 Å². The maximum atomic E-state index is 6.21. The zero-order chi connectivity index (χ0) is 16.1. The summed E-state index contributed by atoms with van der Waals surface area (Å²) in [4.78, 5) is 12.2. The van der Waals surface area contributed by atoms with Gasteiger partial charge in [-0.05, 0) is 50.9 Å². The molecule has 0 radical (unpaired) electrons. The Morgan fingerprint density at radius 2 is 1.88 bits per heavy atom. The molecule has 2 aliphatic carbocycles. The Hall–Kier alpha value is -1.36. The number of piperidine rings is 1. The number of nitrogens with zero attached hydrogens (tertiary/aromatic N) is 3. The molecule has 0 amide bonds. The molecule has 5 heteroatoms. The summed E-state index contributed by atoms with van der Waals surface area (Å²) in [6, 6.07) is 0.596. The van der Waals surface area contributed by atoms with Crippen LogP contribution in [0.4, 0.5) is 11.8 Å². The van der Waals surface area contributed by atoms with E-state index >= 15 is 0 Å². The highest BCUT2D eigenvalue weighted by Crippen LogP contribution is 2.50. The third-order valence-corrected chi connectivity index (χ3v) is 7.10. The van der Waals surface area contributed by atoms with Crippen molar-refractivity contribution in [3.63, 3.8) is 0 Å². The lowest BCUT2D eigenvalue weighted by molar-refractivity contribution is 0.352. The topological polar surface area (TPSA) is 67.1 Å². The number of rotatable bonds is 1. The van der Waals surface area contributed by atoms with Crippen LogP contribution in [0.3, 0.4) is 0 Å². The van der Waals surface area contributed by atoms with Gasteiger partial charge in [0.05, 0.1) is 5.69 Å². The summed E-state index contributed by atoms with van der Waals surface area (Å²) < 4.78 is 0. The lowest BCUT2D eigenvalue weighted by Crippen LogP contribution is -2.46. The Morgan fingerprint density at radius 1 is 1.04 bits per heavy atom. The predicted molar refractivity (Wildman–Crippen MR) is 96.3 cm³/mol. The highest BCUT2D eigenvalue weighted by Gasteiger charge is 2.43. The van der Waals surface area contributed by atoms with Crippen molar-refractivity contribution < 1.29 is 0 Å². The molecular weight excluding hydrogens is 298 g/mol. The zero-order valence-corrected chi connectivity index (χ0v) is 14.6. The summed E-state index contributed by atoms with van der Waals surface area (Å²) in [6.45, 7) is 3.38. The van der Waals surface area contributed by atoms with E-state index in [9.17, 15) is 0 Å². The first-order valence-electron chi connectivity index (χ1n) is 9.91. The molecular formula is C19H29N5. The van der Waals surface area contributed by atoms with E-state index in [0.717, 1.165) is 32.0 Å². The van der Waals surface area contributed by atoms with Crippen LogP contribution in [0.1, 0.15) is 62.6 Å². The highest BCUT2D eigenvalue weighted by atomic mass is 15.3. The van der Waals surface area contributed by atoms with Crippen molar-refractivity contribution in [3.8, 4) is 0 Å². The molecule has 2 saturated heterocycles. The van der Waals surface area contributed by atoms with Gasteiger partial charge in [-0.25, -0.2) is 4.98 Å². The Bertz CT molecular complexity index is 637. The van der Waals surface area contributed by atoms with Crippen molar-refractivity contribution in [1.82, 2.24) is 15.3 Å². The maximum Gasteiger partial charge on any atom is 0.222 e. The molecule has 3 N–H and O–H groups in total. The Morgan fingerprint density at radius 3 is 2.75 bits per heavy atom. The first-order valence-corrected chi connectivity index (χ1v) is 9.91. The Kier molecular flexibility index (Phi) is 3.47. The molecule has 2 atom stereocenters. The van der Waals surface area contributed by atoms with Crippen LogP contribution in [0.25, 0.3) is 0 Å². The monoisotopic (exact) mass is 327 g/mol. The second-order valence-electron chi connectivity index (χ2n) is 8.39. The van der Waals surface area contributed by atoms with Gasteiger partial charge in [0.15, 0.2) is 0 Å². The SMILES string of the molecule is Nc1nc(N2CCCC3CNCC32)c2c(n1)C1(CCCC1)CCC2. The highest BCUT2D eigenvalue weighted by molar-refractivity contribution is 5.56. The van der Waals surface area contributed by atoms with E-state index in [1.165, 1.54) is 68.4 Å². The van der Waals surface area contributed by atoms with E-state index in [1.54, 1.807) is 0 Å². The molecule has 1 saturated carbocycles. The number of nitrogens with two attached hydrogens (primary N) is 1. The normalized spacial score (nSPS) is 31.2. The zero-order valence-electron chi connectivity index (χ0n) is 14.6. The van der Waals surface area contributed by atoms with Crippen LogP contribution in [0.15, 0.2) is 0 Å². The Labute approximate surface area is 144 Å². The van der Waals surface area contributed by atoms with E-state index in [4.69, 9.17) is 15.7 Å². The van der Waals surface area contributed by atoms with Crippen LogP contribution in [0.2, 0.25) is 0 Å². The second kappa shape index (κ2) is 5.58. The molecule has 4 aliphatic rings. The van der Waals surface area contributed by atoms with Gasteiger partial charge in [-0.2, -0.15) is 4.98 Å². The average molecular weight is 327 g/mol. The number of aromatic nitrogens is 2. The van der Waals surface area contributed by atoms with Crippen LogP contribution < -0.4 is 16.0 Å². The van der Waals surface area contributed by atoms with Gasteiger partial charge in [0.25, 0.3) is 0 Å². The number of anilines is 2. The quantitative estimate of drug-likeness (QED) is 0.829. The summed E-state index contributed by atoms with van der Waals surface area (Å²) >= 11 is 0. The lowest BCUT2D eigenvalue weighted by Gasteiger charge is -2.41. The first-order chi connectivity index (χ1) is 11.8. The van der Waals surface area contributed by atoms with Gasteiger partial charge >= 0.3 is 0 Å². The number of fused-ring (bicyclic) bond motifs is 3. The molecule has 5 rings (SSSR count). The van der Waals surface area contributed by atoms with Crippen molar-refractivity contribution in [2.24, 2.45) is 5.92 Å². The molecule has 0 aromatic carbocycles. The van der Waals surface area contributed by atoms with Gasteiger partial charge < -0.3 is 16.0 Å². The van der Waals surface area contributed by atoms with E-state index in [2.05, 4.69) is 10.2 Å². The fourth-order valence-electron chi connectivity index (χ4n) is 5.99. The van der Waals surface area contributed by atoms with Gasteiger partial charge in [0.2, 0.25) is 5.95 Å². The predicted octanol–water partition coefficient (Wildman–Crippen LogP) is 2.40. The van der Waals surface area contributed by atoms with Gasteiger partial charge in [0.1, 0.15) is 5.82 Å². The molecule has 5 nitrogen and oxygen atoms in total. The molecule has 130 valence electrons. The van der Waals surface area contributed by atoms with Gasteiger partial charge in [-0.3, -0.25) is 0 Å². The van der Waals surface area contributed by atoms with Crippen LogP contribution in [-0.4, -0.2) is 35.6 Å². The fourth-order valence-corrected chi connectivity index (χ4v) is 5.99. The molecule has 3 heterocycles. The van der Waals surface area contributed by atoms with Crippen molar-refractivity contribution in [3.05, 3.63) is 11.3 Å². The number of hydrogen-bond donors (Lipinski definition) is 2. The van der Waals surface area contributed by atoms with E-state index < -0.39 is 0 Å². The number of nitrogens with one attached hydrogen (secondary N) is 1. The van der Waals surface area contributed by atoms with Gasteiger partial charge in [-0.15, -0.1) is 0 Å². The average Bonchev–Trinajstić information content (AvgIpc) is 3.25. The third-order valence-electron chi connectivity index (χ3n) is 7.10. The summed E-state index contributed by atoms with van der Waals surface area (Å²) in [6.07, 6.45) is 11.6. The van der Waals surface area contributed by atoms with Crippen LogP contribution in [0, 0.1) is 5.92 Å². The van der Waals surface area contributed by atoms with Crippen molar-refractivity contribution in [1.29, 1.82) is 0 Å². The summed E-state index contributed by atoms with van der Waals surface area (Å²) in [5, 5.41) is 3.59. The number of nitrogen functional groups attached to an aromatic ring is 1. The molecule has 2 aliphatic heterocycles. The molecule has 1 spiro atoms. The largest absolute Gasteiger partial charge is 0.368 e. The molecule has 1 aromatic heterocycles. The maximum absolute atomic E-state index is 6.21. The minimum Gasteiger partial charge on any atom is -0.368 e.